The van der Waals surface area contributed by atoms with E-state index in [0.717, 1.165) is 0 Å². The van der Waals surface area contributed by atoms with Crippen molar-refractivity contribution < 1.29 is 9.53 Å². The van der Waals surface area contributed by atoms with Crippen LogP contribution in [0, 0.1) is 0 Å². The van der Waals surface area contributed by atoms with Gasteiger partial charge in [-0.15, -0.1) is 0 Å². The molecule has 18 heavy (non-hydrogen) atoms. The standard InChI is InChI=1S/C11H11BrN4O2/c1-18-3-2-16-10(9(12)6-15-16)11(17)8-4-13-7-14-5-8/h4-7H,2-3H2,1H3. The van der Waals surface area contributed by atoms with Gasteiger partial charge in [-0.05, 0) is 15.9 Å². The average molecular weight is 311 g/mol. The second-order valence-electron chi connectivity index (χ2n) is 3.51. The summed E-state index contributed by atoms with van der Waals surface area (Å²) in [6.07, 6.45) is 5.94. The molecule has 2 heterocycles. The smallest absolute Gasteiger partial charge is 0.215 e. The molecular formula is C11H11BrN4O2. The molecule has 0 aliphatic carbocycles. The Kier molecular flexibility index (Phi) is 4.16. The van der Waals surface area contributed by atoms with E-state index in [2.05, 4.69) is 31.0 Å². The van der Waals surface area contributed by atoms with Crippen LogP contribution < -0.4 is 0 Å². The molecule has 0 spiro atoms. The molecule has 0 aromatic carbocycles. The van der Waals surface area contributed by atoms with E-state index in [4.69, 9.17) is 4.74 Å². The summed E-state index contributed by atoms with van der Waals surface area (Å²) in [6, 6.07) is 0. The van der Waals surface area contributed by atoms with Crippen LogP contribution in [-0.4, -0.2) is 39.2 Å². The molecule has 0 aliphatic heterocycles. The van der Waals surface area contributed by atoms with Crippen LogP contribution in [-0.2, 0) is 11.3 Å². The monoisotopic (exact) mass is 310 g/mol. The summed E-state index contributed by atoms with van der Waals surface area (Å²) in [5.41, 5.74) is 0.902. The van der Waals surface area contributed by atoms with E-state index < -0.39 is 0 Å². The zero-order valence-electron chi connectivity index (χ0n) is 9.71. The van der Waals surface area contributed by atoms with Crippen molar-refractivity contribution in [3.05, 3.63) is 40.6 Å². The van der Waals surface area contributed by atoms with Gasteiger partial charge in [0.1, 0.15) is 12.0 Å². The van der Waals surface area contributed by atoms with E-state index in [1.165, 1.54) is 18.7 Å². The Hall–Kier alpha value is -1.60. The Morgan fingerprint density at radius 1 is 1.39 bits per heavy atom. The van der Waals surface area contributed by atoms with Crippen molar-refractivity contribution in [1.29, 1.82) is 0 Å². The number of nitrogens with zero attached hydrogens (tertiary/aromatic N) is 4. The van der Waals surface area contributed by atoms with Gasteiger partial charge in [-0.1, -0.05) is 0 Å². The maximum Gasteiger partial charge on any atom is 0.215 e. The first-order valence-electron chi connectivity index (χ1n) is 5.24. The summed E-state index contributed by atoms with van der Waals surface area (Å²) >= 11 is 3.32. The summed E-state index contributed by atoms with van der Waals surface area (Å²) in [6.45, 7) is 0.997. The van der Waals surface area contributed by atoms with Crippen LogP contribution in [0.5, 0.6) is 0 Å². The first-order valence-corrected chi connectivity index (χ1v) is 6.03. The number of hydrogen-bond donors (Lipinski definition) is 0. The second-order valence-corrected chi connectivity index (χ2v) is 4.37. The van der Waals surface area contributed by atoms with Crippen LogP contribution >= 0.6 is 15.9 Å². The first-order chi connectivity index (χ1) is 8.74. The molecule has 6 nitrogen and oxygen atoms in total. The fourth-order valence-electron chi connectivity index (χ4n) is 1.49. The number of aromatic nitrogens is 4. The minimum absolute atomic E-state index is 0.170. The molecule has 94 valence electrons. The van der Waals surface area contributed by atoms with E-state index in [1.807, 2.05) is 0 Å². The zero-order chi connectivity index (χ0) is 13.0. The molecule has 0 fully saturated rings. The van der Waals surface area contributed by atoms with Crippen molar-refractivity contribution in [3.63, 3.8) is 0 Å². The van der Waals surface area contributed by atoms with Gasteiger partial charge in [-0.25, -0.2) is 9.97 Å². The molecule has 0 unspecified atom stereocenters. The van der Waals surface area contributed by atoms with Crippen molar-refractivity contribution in [2.45, 2.75) is 6.54 Å². The summed E-state index contributed by atoms with van der Waals surface area (Å²) in [5, 5.41) is 4.13. The topological polar surface area (TPSA) is 69.9 Å². The lowest BCUT2D eigenvalue weighted by molar-refractivity contribution is 0.102. The number of ether oxygens (including phenoxy) is 1. The van der Waals surface area contributed by atoms with Crippen molar-refractivity contribution in [2.24, 2.45) is 0 Å². The molecule has 0 bridgehead atoms. The number of methoxy groups -OCH3 is 1. The summed E-state index contributed by atoms with van der Waals surface area (Å²) in [4.78, 5) is 20.0. The van der Waals surface area contributed by atoms with Crippen molar-refractivity contribution in [1.82, 2.24) is 19.7 Å². The number of halogens is 1. The molecule has 0 saturated carbocycles. The first kappa shape index (κ1) is 12.8. The van der Waals surface area contributed by atoms with Crippen LogP contribution in [0.1, 0.15) is 16.1 Å². The van der Waals surface area contributed by atoms with E-state index in [1.54, 1.807) is 18.0 Å². The van der Waals surface area contributed by atoms with Crippen molar-refractivity contribution in [3.8, 4) is 0 Å². The molecule has 0 N–H and O–H groups in total. The largest absolute Gasteiger partial charge is 0.383 e. The maximum atomic E-state index is 12.3. The normalized spacial score (nSPS) is 10.6. The highest BCUT2D eigenvalue weighted by Crippen LogP contribution is 2.19. The second kappa shape index (κ2) is 5.83. The lowest BCUT2D eigenvalue weighted by Gasteiger charge is -2.06. The number of rotatable bonds is 5. The van der Waals surface area contributed by atoms with E-state index in [0.29, 0.717) is 28.9 Å². The van der Waals surface area contributed by atoms with Crippen LogP contribution in [0.15, 0.2) is 29.4 Å². The van der Waals surface area contributed by atoms with Gasteiger partial charge < -0.3 is 4.74 Å². The fraction of sp³-hybridized carbons (Fsp3) is 0.273. The summed E-state index contributed by atoms with van der Waals surface area (Å²) in [7, 11) is 1.60. The Bertz CT molecular complexity index is 541. The Morgan fingerprint density at radius 2 is 2.11 bits per heavy atom. The zero-order valence-corrected chi connectivity index (χ0v) is 11.3. The van der Waals surface area contributed by atoms with Gasteiger partial charge in [0.25, 0.3) is 0 Å². The number of carbonyl (C=O) groups excluding carboxylic acids is 1. The van der Waals surface area contributed by atoms with Gasteiger partial charge >= 0.3 is 0 Å². The highest BCUT2D eigenvalue weighted by Gasteiger charge is 2.19. The van der Waals surface area contributed by atoms with Gasteiger partial charge in [0, 0.05) is 19.5 Å². The van der Waals surface area contributed by atoms with Gasteiger partial charge in [-0.2, -0.15) is 5.10 Å². The van der Waals surface area contributed by atoms with E-state index in [-0.39, 0.29) is 5.78 Å². The minimum Gasteiger partial charge on any atom is -0.383 e. The molecule has 7 heteroatoms. The molecule has 0 aliphatic rings. The minimum atomic E-state index is -0.170. The fourth-order valence-corrected chi connectivity index (χ4v) is 1.96. The molecule has 2 aromatic rings. The molecular weight excluding hydrogens is 300 g/mol. The number of hydrogen-bond acceptors (Lipinski definition) is 5. The average Bonchev–Trinajstić information content (AvgIpc) is 2.77. The quantitative estimate of drug-likeness (QED) is 0.779. The number of carbonyl (C=O) groups is 1. The van der Waals surface area contributed by atoms with Crippen LogP contribution in [0.4, 0.5) is 0 Å². The molecule has 2 rings (SSSR count). The predicted octanol–water partition coefficient (Wildman–Crippen LogP) is 1.31. The van der Waals surface area contributed by atoms with Gasteiger partial charge in [0.15, 0.2) is 0 Å². The lowest BCUT2D eigenvalue weighted by Crippen LogP contribution is -2.15. The third kappa shape index (κ3) is 2.62. The van der Waals surface area contributed by atoms with Crippen molar-refractivity contribution >= 4 is 21.7 Å². The van der Waals surface area contributed by atoms with Crippen LogP contribution in [0.2, 0.25) is 0 Å². The molecule has 2 aromatic heterocycles. The van der Waals surface area contributed by atoms with Gasteiger partial charge in [-0.3, -0.25) is 9.48 Å². The molecule has 0 atom stereocenters. The summed E-state index contributed by atoms with van der Waals surface area (Å²) < 4.78 is 7.23. The Balaban J connectivity index is 2.32. The third-order valence-corrected chi connectivity index (χ3v) is 2.92. The van der Waals surface area contributed by atoms with Gasteiger partial charge in [0.05, 0.1) is 29.4 Å². The SMILES string of the molecule is COCCn1ncc(Br)c1C(=O)c1cncnc1. The highest BCUT2D eigenvalue weighted by atomic mass is 79.9. The van der Waals surface area contributed by atoms with Crippen LogP contribution in [0.3, 0.4) is 0 Å². The highest BCUT2D eigenvalue weighted by molar-refractivity contribution is 9.10. The van der Waals surface area contributed by atoms with E-state index in [9.17, 15) is 4.79 Å². The third-order valence-electron chi connectivity index (χ3n) is 2.34. The lowest BCUT2D eigenvalue weighted by atomic mass is 10.1. The van der Waals surface area contributed by atoms with Crippen LogP contribution in [0.25, 0.3) is 0 Å². The number of ketones is 1. The Labute approximate surface area is 112 Å². The van der Waals surface area contributed by atoms with Gasteiger partial charge in [0.2, 0.25) is 5.78 Å². The molecule has 0 saturated heterocycles. The van der Waals surface area contributed by atoms with E-state index >= 15 is 0 Å². The summed E-state index contributed by atoms with van der Waals surface area (Å²) in [5.74, 6) is -0.170. The van der Waals surface area contributed by atoms with Crippen molar-refractivity contribution in [2.75, 3.05) is 13.7 Å². The molecule has 0 radical (unpaired) electrons. The maximum absolute atomic E-state index is 12.3. The Morgan fingerprint density at radius 3 is 2.78 bits per heavy atom. The predicted molar refractivity (Wildman–Crippen MR) is 67.3 cm³/mol. The molecule has 0 amide bonds.